The molecule has 0 saturated heterocycles. The maximum absolute atomic E-state index is 5.47. The van der Waals surface area contributed by atoms with Gasteiger partial charge in [0.05, 0.1) is 38.0 Å². The first-order valence-electron chi connectivity index (χ1n) is 10.3. The zero-order chi connectivity index (χ0) is 21.2. The van der Waals surface area contributed by atoms with Gasteiger partial charge in [-0.05, 0) is 18.8 Å². The van der Waals surface area contributed by atoms with Crippen LogP contribution in [0, 0.1) is 5.92 Å². The van der Waals surface area contributed by atoms with Crippen molar-refractivity contribution < 1.29 is 9.47 Å². The van der Waals surface area contributed by atoms with Gasteiger partial charge in [-0.25, -0.2) is 15.0 Å². The SMILES string of the molecule is COc1cc(OC)cc(N(CC2CC2)c2ncc3ncc(-c4ccccc4)nc3n2)c1. The molecule has 5 rings (SSSR count). The monoisotopic (exact) mass is 413 g/mol. The van der Waals surface area contributed by atoms with Gasteiger partial charge in [-0.2, -0.15) is 4.98 Å². The number of aromatic nitrogens is 4. The fourth-order valence-electron chi connectivity index (χ4n) is 3.49. The minimum atomic E-state index is 0.571. The Labute approximate surface area is 180 Å². The van der Waals surface area contributed by atoms with Gasteiger partial charge in [0.25, 0.3) is 0 Å². The van der Waals surface area contributed by atoms with Crippen LogP contribution in [0.2, 0.25) is 0 Å². The molecule has 2 aromatic carbocycles. The number of fused-ring (bicyclic) bond motifs is 1. The molecule has 1 aliphatic carbocycles. The largest absolute Gasteiger partial charge is 0.497 e. The Morgan fingerprint density at radius 1 is 0.903 bits per heavy atom. The first-order valence-corrected chi connectivity index (χ1v) is 10.3. The Balaban J connectivity index is 1.58. The van der Waals surface area contributed by atoms with Crippen LogP contribution in [0.1, 0.15) is 12.8 Å². The predicted octanol–water partition coefficient (Wildman–Crippen LogP) is 4.65. The van der Waals surface area contributed by atoms with Gasteiger partial charge in [-0.15, -0.1) is 0 Å². The molecule has 7 heteroatoms. The molecule has 7 nitrogen and oxygen atoms in total. The number of rotatable bonds is 7. The third-order valence-electron chi connectivity index (χ3n) is 5.39. The Bertz CT molecular complexity index is 1190. The third kappa shape index (κ3) is 4.12. The second-order valence-electron chi connectivity index (χ2n) is 7.62. The molecule has 0 amide bonds. The van der Waals surface area contributed by atoms with Crippen molar-refractivity contribution in [3.63, 3.8) is 0 Å². The lowest BCUT2D eigenvalue weighted by Gasteiger charge is -2.23. The summed E-state index contributed by atoms with van der Waals surface area (Å²) in [5.41, 5.74) is 3.95. The maximum atomic E-state index is 5.47. The van der Waals surface area contributed by atoms with Crippen LogP contribution < -0.4 is 14.4 Å². The van der Waals surface area contributed by atoms with E-state index >= 15 is 0 Å². The smallest absolute Gasteiger partial charge is 0.232 e. The zero-order valence-corrected chi connectivity index (χ0v) is 17.5. The Morgan fingerprint density at radius 2 is 1.65 bits per heavy atom. The summed E-state index contributed by atoms with van der Waals surface area (Å²) in [6, 6.07) is 15.8. The molecule has 0 N–H and O–H groups in total. The molecule has 0 unspecified atom stereocenters. The first kappa shape index (κ1) is 19.2. The summed E-state index contributed by atoms with van der Waals surface area (Å²) in [5.74, 6) is 2.66. The van der Waals surface area contributed by atoms with Crippen LogP contribution in [-0.2, 0) is 0 Å². The molecule has 0 bridgehead atoms. The Hall–Kier alpha value is -3.74. The highest BCUT2D eigenvalue weighted by Gasteiger charge is 2.27. The second-order valence-corrected chi connectivity index (χ2v) is 7.62. The highest BCUT2D eigenvalue weighted by Crippen LogP contribution is 2.37. The molecule has 0 aliphatic heterocycles. The highest BCUT2D eigenvalue weighted by atomic mass is 16.5. The number of benzene rings is 2. The van der Waals surface area contributed by atoms with Crippen molar-refractivity contribution in [3.8, 4) is 22.8 Å². The van der Waals surface area contributed by atoms with Crippen LogP contribution in [0.5, 0.6) is 11.5 Å². The number of methoxy groups -OCH3 is 2. The minimum Gasteiger partial charge on any atom is -0.497 e. The number of nitrogens with zero attached hydrogens (tertiary/aromatic N) is 5. The number of hydrogen-bond acceptors (Lipinski definition) is 7. The van der Waals surface area contributed by atoms with Gasteiger partial charge in [0.1, 0.15) is 17.0 Å². The molecule has 156 valence electrons. The maximum Gasteiger partial charge on any atom is 0.232 e. The third-order valence-corrected chi connectivity index (χ3v) is 5.39. The van der Waals surface area contributed by atoms with E-state index < -0.39 is 0 Å². The quantitative estimate of drug-likeness (QED) is 0.436. The van der Waals surface area contributed by atoms with E-state index in [1.54, 1.807) is 26.6 Å². The van der Waals surface area contributed by atoms with Crippen LogP contribution >= 0.6 is 0 Å². The average molecular weight is 413 g/mol. The molecule has 2 heterocycles. The van der Waals surface area contributed by atoms with Gasteiger partial charge in [0.2, 0.25) is 5.95 Å². The minimum absolute atomic E-state index is 0.571. The van der Waals surface area contributed by atoms with Crippen LogP contribution in [0.3, 0.4) is 0 Å². The zero-order valence-electron chi connectivity index (χ0n) is 17.5. The van der Waals surface area contributed by atoms with Gasteiger partial charge in [-0.1, -0.05) is 30.3 Å². The van der Waals surface area contributed by atoms with Crippen LogP contribution in [0.25, 0.3) is 22.4 Å². The molecular formula is C24H23N5O2. The molecule has 0 radical (unpaired) electrons. The summed E-state index contributed by atoms with van der Waals surface area (Å²) >= 11 is 0. The van der Waals surface area contributed by atoms with Crippen molar-refractivity contribution in [2.24, 2.45) is 5.92 Å². The van der Waals surface area contributed by atoms with E-state index in [0.29, 0.717) is 23.0 Å². The Kier molecular flexibility index (Phi) is 5.08. The van der Waals surface area contributed by atoms with Crippen molar-refractivity contribution in [2.45, 2.75) is 12.8 Å². The van der Waals surface area contributed by atoms with E-state index in [9.17, 15) is 0 Å². The van der Waals surface area contributed by atoms with Gasteiger partial charge >= 0.3 is 0 Å². The van der Waals surface area contributed by atoms with Crippen molar-refractivity contribution >= 4 is 22.8 Å². The normalized spacial score (nSPS) is 13.2. The predicted molar refractivity (Wildman–Crippen MR) is 120 cm³/mol. The van der Waals surface area contributed by atoms with Crippen LogP contribution in [0.4, 0.5) is 11.6 Å². The lowest BCUT2D eigenvalue weighted by Crippen LogP contribution is -2.22. The fourth-order valence-corrected chi connectivity index (χ4v) is 3.49. The average Bonchev–Trinajstić information content (AvgIpc) is 3.66. The molecule has 1 aliphatic rings. The molecule has 1 saturated carbocycles. The summed E-state index contributed by atoms with van der Waals surface area (Å²) < 4.78 is 10.9. The first-order chi connectivity index (χ1) is 15.2. The topological polar surface area (TPSA) is 73.3 Å². The van der Waals surface area contributed by atoms with Crippen molar-refractivity contribution in [1.29, 1.82) is 0 Å². The molecule has 0 spiro atoms. The van der Waals surface area contributed by atoms with E-state index in [1.807, 2.05) is 48.5 Å². The van der Waals surface area contributed by atoms with Gasteiger partial charge < -0.3 is 14.4 Å². The van der Waals surface area contributed by atoms with Crippen molar-refractivity contribution in [3.05, 3.63) is 60.9 Å². The van der Waals surface area contributed by atoms with Gasteiger partial charge in [0, 0.05) is 30.3 Å². The number of ether oxygens (including phenoxy) is 2. The lowest BCUT2D eigenvalue weighted by molar-refractivity contribution is 0.394. The molecular weight excluding hydrogens is 390 g/mol. The number of anilines is 2. The lowest BCUT2D eigenvalue weighted by atomic mass is 10.2. The van der Waals surface area contributed by atoms with E-state index in [1.165, 1.54) is 12.8 Å². The standard InChI is InChI=1S/C24H23N5O2/c1-30-19-10-18(11-20(12-19)31-2)29(15-16-8-9-16)24-26-14-22-23(28-24)27-21(13-25-22)17-6-4-3-5-7-17/h3-7,10-14,16H,8-9,15H2,1-2H3. The second kappa shape index (κ2) is 8.18. The molecule has 0 atom stereocenters. The summed E-state index contributed by atoms with van der Waals surface area (Å²) in [7, 11) is 3.30. The van der Waals surface area contributed by atoms with E-state index in [2.05, 4.69) is 14.9 Å². The summed E-state index contributed by atoms with van der Waals surface area (Å²) in [6.45, 7) is 0.827. The molecule has 2 aromatic heterocycles. The van der Waals surface area contributed by atoms with Crippen molar-refractivity contribution in [1.82, 2.24) is 19.9 Å². The summed E-state index contributed by atoms with van der Waals surface area (Å²) in [5, 5.41) is 0. The van der Waals surface area contributed by atoms with E-state index in [4.69, 9.17) is 19.4 Å². The van der Waals surface area contributed by atoms with E-state index in [-0.39, 0.29) is 0 Å². The van der Waals surface area contributed by atoms with Crippen molar-refractivity contribution in [2.75, 3.05) is 25.7 Å². The Morgan fingerprint density at radius 3 is 2.32 bits per heavy atom. The molecule has 31 heavy (non-hydrogen) atoms. The van der Waals surface area contributed by atoms with Crippen LogP contribution in [-0.4, -0.2) is 40.7 Å². The summed E-state index contributed by atoms with van der Waals surface area (Å²) in [6.07, 6.45) is 5.92. The molecule has 4 aromatic rings. The summed E-state index contributed by atoms with van der Waals surface area (Å²) in [4.78, 5) is 20.8. The van der Waals surface area contributed by atoms with E-state index in [0.717, 1.165) is 35.0 Å². The fraction of sp³-hybridized carbons (Fsp3) is 0.250. The highest BCUT2D eigenvalue weighted by molar-refractivity contribution is 5.75. The number of hydrogen-bond donors (Lipinski definition) is 0. The van der Waals surface area contributed by atoms with Gasteiger partial charge in [0.15, 0.2) is 5.65 Å². The van der Waals surface area contributed by atoms with Crippen LogP contribution in [0.15, 0.2) is 60.9 Å². The van der Waals surface area contributed by atoms with Gasteiger partial charge in [-0.3, -0.25) is 0 Å². The molecule has 1 fully saturated rings.